The van der Waals surface area contributed by atoms with Crippen LogP contribution in [0.5, 0.6) is 0 Å². The smallest absolute Gasteiger partial charge is 0.105 e. The fourth-order valence-electron chi connectivity index (χ4n) is 1.48. The van der Waals surface area contributed by atoms with E-state index in [1.165, 1.54) is 0 Å². The molecule has 1 aromatic carbocycles. The number of aliphatic hydroxyl groups is 1. The van der Waals surface area contributed by atoms with E-state index in [2.05, 4.69) is 0 Å². The molecule has 0 saturated carbocycles. The number of hydrogen-bond donors (Lipinski definition) is 1. The Hall–Kier alpha value is -0.900. The molecule has 90 valence electrons. The second-order valence-corrected chi connectivity index (χ2v) is 3.78. The van der Waals surface area contributed by atoms with Gasteiger partial charge >= 0.3 is 0 Å². The minimum Gasteiger partial charge on any atom is -0.386 e. The zero-order valence-electron chi connectivity index (χ0n) is 9.93. The molecule has 2 atom stereocenters. The van der Waals surface area contributed by atoms with Crippen LogP contribution in [0, 0.1) is 0 Å². The second-order valence-electron chi connectivity index (χ2n) is 3.78. The van der Waals surface area contributed by atoms with E-state index in [-0.39, 0.29) is 6.10 Å². The molecule has 0 saturated heterocycles. The van der Waals surface area contributed by atoms with Crippen molar-refractivity contribution in [1.82, 2.24) is 0 Å². The summed E-state index contributed by atoms with van der Waals surface area (Å²) in [5.41, 5.74) is 0.891. The first-order valence-corrected chi connectivity index (χ1v) is 5.59. The van der Waals surface area contributed by atoms with E-state index >= 15 is 0 Å². The average Bonchev–Trinajstić information content (AvgIpc) is 2.34. The van der Waals surface area contributed by atoms with Crippen LogP contribution in [0.15, 0.2) is 30.3 Å². The lowest BCUT2D eigenvalue weighted by molar-refractivity contribution is -0.0328. The number of aliphatic hydroxyl groups excluding tert-OH is 1. The highest BCUT2D eigenvalue weighted by Crippen LogP contribution is 2.18. The summed E-state index contributed by atoms with van der Waals surface area (Å²) in [5, 5.41) is 9.99. The van der Waals surface area contributed by atoms with Gasteiger partial charge in [-0.3, -0.25) is 0 Å². The molecule has 0 amide bonds. The molecule has 1 aromatic rings. The highest BCUT2D eigenvalue weighted by atomic mass is 16.5. The quantitative estimate of drug-likeness (QED) is 0.721. The van der Waals surface area contributed by atoms with Gasteiger partial charge in [-0.15, -0.1) is 0 Å². The molecular weight excluding hydrogens is 204 g/mol. The standard InChI is InChI=1S/C13H20O3/c1-11(16-10-6-9-15-2)13(14)12-7-4-3-5-8-12/h3-5,7-8,11,13-14H,6,9-10H2,1-2H3. The van der Waals surface area contributed by atoms with Gasteiger partial charge in [-0.25, -0.2) is 0 Å². The third-order valence-corrected chi connectivity index (χ3v) is 2.46. The minimum absolute atomic E-state index is 0.195. The van der Waals surface area contributed by atoms with Crippen LogP contribution in [0.4, 0.5) is 0 Å². The number of hydrogen-bond acceptors (Lipinski definition) is 3. The lowest BCUT2D eigenvalue weighted by atomic mass is 10.1. The fourth-order valence-corrected chi connectivity index (χ4v) is 1.48. The third kappa shape index (κ3) is 4.31. The molecule has 0 spiro atoms. The van der Waals surface area contributed by atoms with Crippen LogP contribution in [0.3, 0.4) is 0 Å². The summed E-state index contributed by atoms with van der Waals surface area (Å²) in [6.45, 7) is 3.18. The summed E-state index contributed by atoms with van der Waals surface area (Å²) >= 11 is 0. The zero-order chi connectivity index (χ0) is 11.8. The molecular formula is C13H20O3. The van der Waals surface area contributed by atoms with Crippen molar-refractivity contribution in [3.05, 3.63) is 35.9 Å². The number of rotatable bonds is 7. The Bertz CT molecular complexity index is 274. The van der Waals surface area contributed by atoms with Crippen molar-refractivity contribution in [2.75, 3.05) is 20.3 Å². The molecule has 0 aliphatic heterocycles. The van der Waals surface area contributed by atoms with Gasteiger partial charge in [0, 0.05) is 20.3 Å². The van der Waals surface area contributed by atoms with Gasteiger partial charge in [0.15, 0.2) is 0 Å². The van der Waals surface area contributed by atoms with Crippen LogP contribution >= 0.6 is 0 Å². The van der Waals surface area contributed by atoms with Gasteiger partial charge in [-0.2, -0.15) is 0 Å². The van der Waals surface area contributed by atoms with E-state index in [9.17, 15) is 5.11 Å². The monoisotopic (exact) mass is 224 g/mol. The van der Waals surface area contributed by atoms with Gasteiger partial charge < -0.3 is 14.6 Å². The molecule has 0 aliphatic rings. The maximum Gasteiger partial charge on any atom is 0.105 e. The Balaban J connectivity index is 2.33. The Morgan fingerprint density at radius 2 is 1.88 bits per heavy atom. The largest absolute Gasteiger partial charge is 0.386 e. The number of methoxy groups -OCH3 is 1. The summed E-state index contributed by atoms with van der Waals surface area (Å²) in [7, 11) is 1.67. The van der Waals surface area contributed by atoms with E-state index in [1.54, 1.807) is 7.11 Å². The first-order valence-electron chi connectivity index (χ1n) is 5.59. The van der Waals surface area contributed by atoms with Gasteiger partial charge in [-0.05, 0) is 18.9 Å². The highest BCUT2D eigenvalue weighted by molar-refractivity contribution is 5.18. The molecule has 0 aliphatic carbocycles. The van der Waals surface area contributed by atoms with Crippen LogP contribution in [-0.2, 0) is 9.47 Å². The molecule has 16 heavy (non-hydrogen) atoms. The highest BCUT2D eigenvalue weighted by Gasteiger charge is 2.15. The predicted molar refractivity (Wildman–Crippen MR) is 63.3 cm³/mol. The Morgan fingerprint density at radius 3 is 2.50 bits per heavy atom. The first kappa shape index (κ1) is 13.2. The lowest BCUT2D eigenvalue weighted by Crippen LogP contribution is -2.19. The summed E-state index contributed by atoms with van der Waals surface area (Å²) in [6.07, 6.45) is 0.0884. The topological polar surface area (TPSA) is 38.7 Å². The third-order valence-electron chi connectivity index (χ3n) is 2.46. The molecule has 0 fully saturated rings. The van der Waals surface area contributed by atoms with Crippen molar-refractivity contribution in [3.8, 4) is 0 Å². The lowest BCUT2D eigenvalue weighted by Gasteiger charge is -2.19. The number of benzene rings is 1. The predicted octanol–water partition coefficient (Wildman–Crippen LogP) is 2.16. The van der Waals surface area contributed by atoms with Crippen LogP contribution in [-0.4, -0.2) is 31.5 Å². The molecule has 0 aromatic heterocycles. The molecule has 2 unspecified atom stereocenters. The average molecular weight is 224 g/mol. The second kappa shape index (κ2) is 7.39. The first-order chi connectivity index (χ1) is 7.75. The Morgan fingerprint density at radius 1 is 1.19 bits per heavy atom. The number of ether oxygens (including phenoxy) is 2. The van der Waals surface area contributed by atoms with Crippen molar-refractivity contribution in [2.24, 2.45) is 0 Å². The van der Waals surface area contributed by atoms with Gasteiger partial charge in [-0.1, -0.05) is 30.3 Å². The molecule has 0 radical (unpaired) electrons. The van der Waals surface area contributed by atoms with E-state index in [4.69, 9.17) is 9.47 Å². The van der Waals surface area contributed by atoms with Crippen LogP contribution < -0.4 is 0 Å². The van der Waals surface area contributed by atoms with E-state index in [1.807, 2.05) is 37.3 Å². The van der Waals surface area contributed by atoms with E-state index in [0.717, 1.165) is 12.0 Å². The maximum atomic E-state index is 9.99. The molecule has 3 nitrogen and oxygen atoms in total. The summed E-state index contributed by atoms with van der Waals surface area (Å²) in [6, 6.07) is 9.56. The van der Waals surface area contributed by atoms with Crippen molar-refractivity contribution >= 4 is 0 Å². The SMILES string of the molecule is COCCCOC(C)C(O)c1ccccc1. The fraction of sp³-hybridized carbons (Fsp3) is 0.538. The van der Waals surface area contributed by atoms with Crippen LogP contribution in [0.2, 0.25) is 0 Å². The van der Waals surface area contributed by atoms with Crippen molar-refractivity contribution in [3.63, 3.8) is 0 Å². The summed E-state index contributed by atoms with van der Waals surface area (Å²) < 4.78 is 10.5. The van der Waals surface area contributed by atoms with Gasteiger partial charge in [0.1, 0.15) is 6.10 Å². The van der Waals surface area contributed by atoms with E-state index < -0.39 is 6.10 Å². The van der Waals surface area contributed by atoms with Gasteiger partial charge in [0.05, 0.1) is 6.10 Å². The van der Waals surface area contributed by atoms with Crippen LogP contribution in [0.1, 0.15) is 25.0 Å². The summed E-state index contributed by atoms with van der Waals surface area (Å²) in [5.74, 6) is 0. The van der Waals surface area contributed by atoms with E-state index in [0.29, 0.717) is 13.2 Å². The molecule has 0 heterocycles. The maximum absolute atomic E-state index is 9.99. The van der Waals surface area contributed by atoms with Crippen LogP contribution in [0.25, 0.3) is 0 Å². The zero-order valence-corrected chi connectivity index (χ0v) is 9.93. The minimum atomic E-state index is -0.566. The Kier molecular flexibility index (Phi) is 6.08. The molecule has 3 heteroatoms. The van der Waals surface area contributed by atoms with Gasteiger partial charge in [0.2, 0.25) is 0 Å². The Labute approximate surface area is 97.0 Å². The summed E-state index contributed by atoms with van der Waals surface area (Å²) in [4.78, 5) is 0. The molecule has 0 bridgehead atoms. The van der Waals surface area contributed by atoms with Crippen molar-refractivity contribution < 1.29 is 14.6 Å². The van der Waals surface area contributed by atoms with Gasteiger partial charge in [0.25, 0.3) is 0 Å². The van der Waals surface area contributed by atoms with Crippen molar-refractivity contribution in [2.45, 2.75) is 25.6 Å². The van der Waals surface area contributed by atoms with Crippen molar-refractivity contribution in [1.29, 1.82) is 0 Å². The molecule has 1 N–H and O–H groups in total. The normalized spacial score (nSPS) is 14.7. The molecule has 1 rings (SSSR count).